The number of anilines is 1. The van der Waals surface area contributed by atoms with Crippen molar-refractivity contribution >= 4 is 16.9 Å². The molecule has 0 spiro atoms. The molecule has 1 saturated heterocycles. The maximum absolute atomic E-state index is 4.43. The summed E-state index contributed by atoms with van der Waals surface area (Å²) in [5.41, 5.74) is 3.28. The summed E-state index contributed by atoms with van der Waals surface area (Å²) in [6, 6.07) is 8.39. The average molecular weight is 293 g/mol. The van der Waals surface area contributed by atoms with Gasteiger partial charge < -0.3 is 9.88 Å². The minimum absolute atomic E-state index is 0.498. The molecule has 1 N–H and O–H groups in total. The summed E-state index contributed by atoms with van der Waals surface area (Å²) < 4.78 is 0. The number of aryl methyl sites for hydroxylation is 1. The summed E-state index contributed by atoms with van der Waals surface area (Å²) in [4.78, 5) is 18.9. The third-order valence-corrected chi connectivity index (χ3v) is 4.39. The van der Waals surface area contributed by atoms with Crippen LogP contribution in [0.2, 0.25) is 0 Å². The molecule has 0 aliphatic carbocycles. The summed E-state index contributed by atoms with van der Waals surface area (Å²) in [5.74, 6) is 1.53. The minimum atomic E-state index is 0.498. The third kappa shape index (κ3) is 2.43. The predicted octanol–water partition coefficient (Wildman–Crippen LogP) is 3.05. The number of fused-ring (bicyclic) bond motifs is 1. The Balaban J connectivity index is 1.60. The molecule has 5 heteroatoms. The van der Waals surface area contributed by atoms with Crippen LogP contribution in [0, 0.1) is 6.92 Å². The van der Waals surface area contributed by atoms with Crippen molar-refractivity contribution in [3.8, 4) is 0 Å². The molecular formula is C17H19N5. The Kier molecular flexibility index (Phi) is 3.25. The van der Waals surface area contributed by atoms with Gasteiger partial charge in [-0.05, 0) is 38.0 Å². The van der Waals surface area contributed by atoms with E-state index < -0.39 is 0 Å². The second-order valence-electron chi connectivity index (χ2n) is 5.97. The molecule has 112 valence electrons. The Hall–Kier alpha value is -2.43. The number of nitrogens with one attached hydrogen (secondary N) is 1. The highest BCUT2D eigenvalue weighted by atomic mass is 15.2. The molecule has 1 aliphatic rings. The van der Waals surface area contributed by atoms with E-state index in [2.05, 4.69) is 43.0 Å². The third-order valence-electron chi connectivity index (χ3n) is 4.39. The standard InChI is InChI=1S/C17H19N5/c1-12-8-16(20-11-19-12)22-7-3-5-14(10-22)15-9-13-4-2-6-18-17(13)21-15/h2,4,6,8-9,11,14H,3,5,7,10H2,1H3,(H,18,21)/t14-/m0/s1. The quantitative estimate of drug-likeness (QED) is 0.789. The molecule has 0 saturated carbocycles. The van der Waals surface area contributed by atoms with Gasteiger partial charge >= 0.3 is 0 Å². The van der Waals surface area contributed by atoms with Crippen LogP contribution in [0.25, 0.3) is 11.0 Å². The van der Waals surface area contributed by atoms with Crippen molar-refractivity contribution < 1.29 is 0 Å². The second-order valence-corrected chi connectivity index (χ2v) is 5.97. The highest BCUT2D eigenvalue weighted by Gasteiger charge is 2.23. The number of hydrogen-bond donors (Lipinski definition) is 1. The minimum Gasteiger partial charge on any atom is -0.356 e. The first-order valence-electron chi connectivity index (χ1n) is 7.77. The van der Waals surface area contributed by atoms with Crippen LogP contribution in [-0.4, -0.2) is 33.0 Å². The van der Waals surface area contributed by atoms with Gasteiger partial charge in [0, 0.05) is 48.0 Å². The fourth-order valence-electron chi connectivity index (χ4n) is 3.25. The smallest absolute Gasteiger partial charge is 0.137 e. The largest absolute Gasteiger partial charge is 0.356 e. The van der Waals surface area contributed by atoms with Gasteiger partial charge in [-0.3, -0.25) is 0 Å². The molecule has 5 nitrogen and oxygen atoms in total. The number of nitrogens with zero attached hydrogens (tertiary/aromatic N) is 4. The lowest BCUT2D eigenvalue weighted by Gasteiger charge is -2.33. The zero-order chi connectivity index (χ0) is 14.9. The Bertz CT molecular complexity index is 761. The van der Waals surface area contributed by atoms with Gasteiger partial charge in [-0.2, -0.15) is 0 Å². The van der Waals surface area contributed by atoms with Crippen molar-refractivity contribution in [2.75, 3.05) is 18.0 Å². The van der Waals surface area contributed by atoms with E-state index in [0.717, 1.165) is 30.2 Å². The van der Waals surface area contributed by atoms with Crippen molar-refractivity contribution in [2.45, 2.75) is 25.7 Å². The highest BCUT2D eigenvalue weighted by molar-refractivity contribution is 5.76. The second kappa shape index (κ2) is 5.40. The number of piperidine rings is 1. The molecule has 4 heterocycles. The van der Waals surface area contributed by atoms with Gasteiger partial charge in [0.25, 0.3) is 0 Å². The van der Waals surface area contributed by atoms with E-state index in [-0.39, 0.29) is 0 Å². The predicted molar refractivity (Wildman–Crippen MR) is 87.1 cm³/mol. The first-order chi connectivity index (χ1) is 10.8. The highest BCUT2D eigenvalue weighted by Crippen LogP contribution is 2.30. The normalized spacial score (nSPS) is 18.8. The van der Waals surface area contributed by atoms with E-state index in [4.69, 9.17) is 0 Å². The lowest BCUT2D eigenvalue weighted by molar-refractivity contribution is 0.500. The average Bonchev–Trinajstić information content (AvgIpc) is 2.99. The van der Waals surface area contributed by atoms with Gasteiger partial charge in [0.2, 0.25) is 0 Å². The summed E-state index contributed by atoms with van der Waals surface area (Å²) in [6.45, 7) is 4.06. The summed E-state index contributed by atoms with van der Waals surface area (Å²) in [5, 5.41) is 1.19. The number of hydrogen-bond acceptors (Lipinski definition) is 4. The molecule has 1 atom stereocenters. The maximum atomic E-state index is 4.43. The van der Waals surface area contributed by atoms with Crippen LogP contribution >= 0.6 is 0 Å². The van der Waals surface area contributed by atoms with Gasteiger partial charge in [0.1, 0.15) is 17.8 Å². The van der Waals surface area contributed by atoms with Crippen molar-refractivity contribution in [3.05, 3.63) is 48.2 Å². The molecule has 3 aromatic heterocycles. The van der Waals surface area contributed by atoms with Gasteiger partial charge in [0.15, 0.2) is 0 Å². The van der Waals surface area contributed by atoms with E-state index in [1.54, 1.807) is 6.33 Å². The van der Waals surface area contributed by atoms with Gasteiger partial charge in [0.05, 0.1) is 0 Å². The molecular weight excluding hydrogens is 274 g/mol. The zero-order valence-electron chi connectivity index (χ0n) is 12.7. The zero-order valence-corrected chi connectivity index (χ0v) is 12.7. The molecule has 0 radical (unpaired) electrons. The Labute approximate surface area is 129 Å². The van der Waals surface area contributed by atoms with Gasteiger partial charge in [-0.25, -0.2) is 15.0 Å². The number of aromatic amines is 1. The SMILES string of the molecule is Cc1cc(N2CCC[C@H](c3cc4cccnc4[nH]3)C2)ncn1. The van der Waals surface area contributed by atoms with Crippen LogP contribution in [0.5, 0.6) is 0 Å². The Morgan fingerprint density at radius 2 is 2.18 bits per heavy atom. The molecule has 0 unspecified atom stereocenters. The first-order valence-corrected chi connectivity index (χ1v) is 7.77. The number of pyridine rings is 1. The first kappa shape index (κ1) is 13.2. The number of H-pyrrole nitrogens is 1. The van der Waals surface area contributed by atoms with Crippen molar-refractivity contribution in [1.82, 2.24) is 19.9 Å². The number of aromatic nitrogens is 4. The van der Waals surface area contributed by atoms with Crippen LogP contribution in [0.15, 0.2) is 36.8 Å². The maximum Gasteiger partial charge on any atom is 0.137 e. The van der Waals surface area contributed by atoms with E-state index in [0.29, 0.717) is 5.92 Å². The van der Waals surface area contributed by atoms with E-state index in [9.17, 15) is 0 Å². The lowest BCUT2D eigenvalue weighted by Crippen LogP contribution is -2.35. The van der Waals surface area contributed by atoms with E-state index in [1.807, 2.05) is 19.2 Å². The Morgan fingerprint density at radius 3 is 3.05 bits per heavy atom. The number of rotatable bonds is 2. The van der Waals surface area contributed by atoms with Gasteiger partial charge in [-0.15, -0.1) is 0 Å². The summed E-state index contributed by atoms with van der Waals surface area (Å²) in [6.07, 6.45) is 5.87. The van der Waals surface area contributed by atoms with Gasteiger partial charge in [-0.1, -0.05) is 0 Å². The molecule has 4 rings (SSSR count). The Morgan fingerprint density at radius 1 is 1.23 bits per heavy atom. The van der Waals surface area contributed by atoms with Crippen molar-refractivity contribution in [1.29, 1.82) is 0 Å². The van der Waals surface area contributed by atoms with Crippen LogP contribution in [0.4, 0.5) is 5.82 Å². The monoisotopic (exact) mass is 293 g/mol. The summed E-state index contributed by atoms with van der Waals surface area (Å²) >= 11 is 0. The van der Waals surface area contributed by atoms with Crippen molar-refractivity contribution in [2.24, 2.45) is 0 Å². The summed E-state index contributed by atoms with van der Waals surface area (Å²) in [7, 11) is 0. The molecule has 1 aliphatic heterocycles. The molecule has 0 amide bonds. The molecule has 0 aromatic carbocycles. The topological polar surface area (TPSA) is 57.7 Å². The molecule has 1 fully saturated rings. The van der Waals surface area contributed by atoms with Crippen LogP contribution in [-0.2, 0) is 0 Å². The fourth-order valence-corrected chi connectivity index (χ4v) is 3.25. The van der Waals surface area contributed by atoms with Crippen LogP contribution in [0.1, 0.15) is 30.1 Å². The molecule has 0 bridgehead atoms. The van der Waals surface area contributed by atoms with Crippen LogP contribution in [0.3, 0.4) is 0 Å². The van der Waals surface area contributed by atoms with Crippen LogP contribution < -0.4 is 4.90 Å². The fraction of sp³-hybridized carbons (Fsp3) is 0.353. The molecule has 22 heavy (non-hydrogen) atoms. The van der Waals surface area contributed by atoms with E-state index in [1.165, 1.54) is 23.9 Å². The van der Waals surface area contributed by atoms with E-state index >= 15 is 0 Å². The molecule has 3 aromatic rings. The lowest BCUT2D eigenvalue weighted by atomic mass is 9.95. The van der Waals surface area contributed by atoms with Crippen molar-refractivity contribution in [3.63, 3.8) is 0 Å².